The number of hydrogen-bond donors (Lipinski definition) is 1. The molecule has 1 aromatic carbocycles. The van der Waals surface area contributed by atoms with Gasteiger partial charge in [-0.3, -0.25) is 4.79 Å². The number of rotatable bonds is 6. The summed E-state index contributed by atoms with van der Waals surface area (Å²) in [6.45, 7) is 0.437. The highest BCUT2D eigenvalue weighted by atomic mass is 35.5. The number of aromatic hydroxyl groups is 1. The third kappa shape index (κ3) is 4.65. The van der Waals surface area contributed by atoms with Crippen LogP contribution in [0.25, 0.3) is 0 Å². The van der Waals surface area contributed by atoms with E-state index in [1.165, 1.54) is 0 Å². The lowest BCUT2D eigenvalue weighted by Gasteiger charge is -2.17. The summed E-state index contributed by atoms with van der Waals surface area (Å²) in [7, 11) is 1.75. The Morgan fingerprint density at radius 2 is 2.06 bits per heavy atom. The van der Waals surface area contributed by atoms with E-state index in [9.17, 15) is 9.90 Å². The van der Waals surface area contributed by atoms with Gasteiger partial charge in [0, 0.05) is 31.5 Å². The van der Waals surface area contributed by atoms with Gasteiger partial charge in [0.2, 0.25) is 5.91 Å². The minimum atomic E-state index is 0.0818. The molecule has 1 N–H and O–H groups in total. The van der Waals surface area contributed by atoms with Crippen LogP contribution in [0.3, 0.4) is 0 Å². The van der Waals surface area contributed by atoms with Gasteiger partial charge in [-0.15, -0.1) is 11.6 Å². The first-order valence-corrected chi connectivity index (χ1v) is 6.25. The van der Waals surface area contributed by atoms with Crippen LogP contribution < -0.4 is 0 Å². The lowest BCUT2D eigenvalue weighted by Crippen LogP contribution is -2.25. The van der Waals surface area contributed by atoms with E-state index in [0.717, 1.165) is 18.4 Å². The highest BCUT2D eigenvalue weighted by Gasteiger charge is 2.10. The van der Waals surface area contributed by atoms with E-state index in [0.29, 0.717) is 18.8 Å². The van der Waals surface area contributed by atoms with Gasteiger partial charge in [-0.1, -0.05) is 18.2 Å². The van der Waals surface area contributed by atoms with Crippen molar-refractivity contribution in [3.05, 3.63) is 29.8 Å². The first kappa shape index (κ1) is 13.8. The van der Waals surface area contributed by atoms with Crippen molar-refractivity contribution in [3.63, 3.8) is 0 Å². The summed E-state index contributed by atoms with van der Waals surface area (Å²) in [5.41, 5.74) is 0.765. The number of carbonyl (C=O) groups excluding carboxylic acids is 1. The molecule has 4 heteroatoms. The molecule has 0 aliphatic heterocycles. The molecule has 1 aromatic rings. The summed E-state index contributed by atoms with van der Waals surface area (Å²) >= 11 is 5.56. The molecule has 0 aromatic heterocycles. The number of para-hydroxylation sites is 1. The van der Waals surface area contributed by atoms with E-state index >= 15 is 0 Å². The van der Waals surface area contributed by atoms with E-state index in [1.807, 2.05) is 12.1 Å². The number of alkyl halides is 1. The lowest BCUT2D eigenvalue weighted by molar-refractivity contribution is -0.130. The molecule has 0 fully saturated rings. The highest BCUT2D eigenvalue weighted by molar-refractivity contribution is 6.17. The molecular weight excluding hydrogens is 238 g/mol. The number of amides is 1. The van der Waals surface area contributed by atoms with Crippen LogP contribution in [-0.4, -0.2) is 28.8 Å². The van der Waals surface area contributed by atoms with E-state index in [-0.39, 0.29) is 11.7 Å². The average Bonchev–Trinajstić information content (AvgIpc) is 2.32. The molecule has 0 bridgehead atoms. The molecule has 0 saturated carbocycles. The number of carbonyl (C=O) groups is 1. The van der Waals surface area contributed by atoms with Crippen LogP contribution in [0.15, 0.2) is 24.3 Å². The van der Waals surface area contributed by atoms with Crippen molar-refractivity contribution in [3.8, 4) is 5.75 Å². The number of hydrogen-bond acceptors (Lipinski definition) is 2. The van der Waals surface area contributed by atoms with Crippen LogP contribution in [-0.2, 0) is 11.3 Å². The van der Waals surface area contributed by atoms with Crippen molar-refractivity contribution in [2.45, 2.75) is 25.8 Å². The van der Waals surface area contributed by atoms with Crippen molar-refractivity contribution in [2.24, 2.45) is 0 Å². The maximum absolute atomic E-state index is 11.7. The van der Waals surface area contributed by atoms with Crippen LogP contribution >= 0.6 is 11.6 Å². The quantitative estimate of drug-likeness (QED) is 0.627. The summed E-state index contributed by atoms with van der Waals surface area (Å²) in [5.74, 6) is 0.905. The molecule has 0 unspecified atom stereocenters. The number of benzene rings is 1. The van der Waals surface area contributed by atoms with E-state index in [4.69, 9.17) is 11.6 Å². The van der Waals surface area contributed by atoms with Crippen molar-refractivity contribution in [1.29, 1.82) is 0 Å². The zero-order valence-corrected chi connectivity index (χ0v) is 10.8. The summed E-state index contributed by atoms with van der Waals surface area (Å²) in [5, 5.41) is 9.60. The monoisotopic (exact) mass is 255 g/mol. The SMILES string of the molecule is CN(Cc1ccccc1O)C(=O)CCCCCl. The van der Waals surface area contributed by atoms with Gasteiger partial charge in [-0.25, -0.2) is 0 Å². The number of halogens is 1. The van der Waals surface area contributed by atoms with Crippen LogP contribution in [0.5, 0.6) is 5.75 Å². The Morgan fingerprint density at radius 1 is 1.35 bits per heavy atom. The summed E-state index contributed by atoms with van der Waals surface area (Å²) < 4.78 is 0. The van der Waals surface area contributed by atoms with Gasteiger partial charge in [0.25, 0.3) is 0 Å². The molecule has 0 aliphatic carbocycles. The zero-order chi connectivity index (χ0) is 12.7. The van der Waals surface area contributed by atoms with E-state index in [1.54, 1.807) is 24.1 Å². The molecule has 3 nitrogen and oxygen atoms in total. The Balaban J connectivity index is 2.46. The molecule has 1 amide bonds. The molecule has 17 heavy (non-hydrogen) atoms. The van der Waals surface area contributed by atoms with Crippen LogP contribution in [0.4, 0.5) is 0 Å². The number of phenolic OH excluding ortho intramolecular Hbond substituents is 1. The largest absolute Gasteiger partial charge is 0.508 e. The van der Waals surface area contributed by atoms with Gasteiger partial charge in [-0.2, -0.15) is 0 Å². The van der Waals surface area contributed by atoms with Crippen molar-refractivity contribution >= 4 is 17.5 Å². The fourth-order valence-electron chi connectivity index (χ4n) is 1.55. The Morgan fingerprint density at radius 3 is 2.71 bits per heavy atom. The van der Waals surface area contributed by atoms with Gasteiger partial charge >= 0.3 is 0 Å². The normalized spacial score (nSPS) is 10.2. The first-order chi connectivity index (χ1) is 8.15. The third-order valence-electron chi connectivity index (χ3n) is 2.60. The molecule has 1 rings (SSSR count). The zero-order valence-electron chi connectivity index (χ0n) is 10.0. The number of unbranched alkanes of at least 4 members (excludes halogenated alkanes) is 1. The second kappa shape index (κ2) is 7.17. The Hall–Kier alpha value is -1.22. The third-order valence-corrected chi connectivity index (χ3v) is 2.87. The summed E-state index contributed by atoms with van der Waals surface area (Å²) in [4.78, 5) is 13.4. The molecule has 0 saturated heterocycles. The number of phenols is 1. The minimum absolute atomic E-state index is 0.0818. The van der Waals surface area contributed by atoms with Crippen molar-refractivity contribution in [2.75, 3.05) is 12.9 Å². The second-order valence-electron chi connectivity index (χ2n) is 4.02. The van der Waals surface area contributed by atoms with Gasteiger partial charge in [0.05, 0.1) is 0 Å². The molecular formula is C13H18ClNO2. The van der Waals surface area contributed by atoms with Crippen LogP contribution in [0, 0.1) is 0 Å². The standard InChI is InChI=1S/C13H18ClNO2/c1-15(13(17)8-4-5-9-14)10-11-6-2-3-7-12(11)16/h2-3,6-7,16H,4-5,8-10H2,1H3. The molecule has 0 atom stereocenters. The minimum Gasteiger partial charge on any atom is -0.508 e. The molecule has 0 heterocycles. The van der Waals surface area contributed by atoms with Crippen LogP contribution in [0.2, 0.25) is 0 Å². The predicted molar refractivity (Wildman–Crippen MR) is 69.2 cm³/mol. The van der Waals surface area contributed by atoms with Gasteiger partial charge < -0.3 is 10.0 Å². The predicted octanol–water partition coefficient (Wildman–Crippen LogP) is 2.76. The molecule has 0 spiro atoms. The first-order valence-electron chi connectivity index (χ1n) is 5.72. The average molecular weight is 256 g/mol. The van der Waals surface area contributed by atoms with Crippen molar-refractivity contribution in [1.82, 2.24) is 4.90 Å². The summed E-state index contributed by atoms with van der Waals surface area (Å²) in [6, 6.07) is 7.06. The molecule has 0 radical (unpaired) electrons. The summed E-state index contributed by atoms with van der Waals surface area (Å²) in [6.07, 6.45) is 2.18. The maximum atomic E-state index is 11.7. The fourth-order valence-corrected chi connectivity index (χ4v) is 1.74. The molecule has 0 aliphatic rings. The number of nitrogens with zero attached hydrogens (tertiary/aromatic N) is 1. The van der Waals surface area contributed by atoms with Gasteiger partial charge in [0.1, 0.15) is 5.75 Å². The van der Waals surface area contributed by atoms with E-state index < -0.39 is 0 Å². The molecule has 94 valence electrons. The Kier molecular flexibility index (Phi) is 5.84. The van der Waals surface area contributed by atoms with Crippen molar-refractivity contribution < 1.29 is 9.90 Å². The van der Waals surface area contributed by atoms with Gasteiger partial charge in [-0.05, 0) is 18.9 Å². The van der Waals surface area contributed by atoms with E-state index in [2.05, 4.69) is 0 Å². The highest BCUT2D eigenvalue weighted by Crippen LogP contribution is 2.17. The fraction of sp³-hybridized carbons (Fsp3) is 0.462. The second-order valence-corrected chi connectivity index (χ2v) is 4.40. The Labute approximate surface area is 107 Å². The Bertz CT molecular complexity index is 368. The lowest BCUT2D eigenvalue weighted by atomic mass is 10.2. The maximum Gasteiger partial charge on any atom is 0.222 e. The topological polar surface area (TPSA) is 40.5 Å². The van der Waals surface area contributed by atoms with Crippen LogP contribution in [0.1, 0.15) is 24.8 Å². The smallest absolute Gasteiger partial charge is 0.222 e. The van der Waals surface area contributed by atoms with Gasteiger partial charge in [0.15, 0.2) is 0 Å².